The SMILES string of the molecule is CCN(C)C(=O)CNC(=O)N(CCOC)CC(=O)O. The van der Waals surface area contributed by atoms with E-state index >= 15 is 0 Å². The van der Waals surface area contributed by atoms with Crippen molar-refractivity contribution in [3.05, 3.63) is 0 Å². The van der Waals surface area contributed by atoms with Crippen molar-refractivity contribution in [2.75, 3.05) is 46.9 Å². The highest BCUT2D eigenvalue weighted by atomic mass is 16.5. The van der Waals surface area contributed by atoms with Gasteiger partial charge in [-0.25, -0.2) is 4.79 Å². The van der Waals surface area contributed by atoms with Gasteiger partial charge in [0.15, 0.2) is 0 Å². The van der Waals surface area contributed by atoms with E-state index in [4.69, 9.17) is 9.84 Å². The average molecular weight is 275 g/mol. The highest BCUT2D eigenvalue weighted by Crippen LogP contribution is 1.91. The maximum absolute atomic E-state index is 11.7. The molecule has 0 spiro atoms. The molecule has 110 valence electrons. The molecule has 0 aliphatic heterocycles. The first-order chi connectivity index (χ1) is 8.92. The third kappa shape index (κ3) is 7.24. The van der Waals surface area contributed by atoms with Crippen LogP contribution in [0.25, 0.3) is 0 Å². The number of urea groups is 1. The van der Waals surface area contributed by atoms with Crippen LogP contribution in [0.15, 0.2) is 0 Å². The van der Waals surface area contributed by atoms with Crippen molar-refractivity contribution in [3.8, 4) is 0 Å². The fourth-order valence-electron chi connectivity index (χ4n) is 1.19. The highest BCUT2D eigenvalue weighted by Gasteiger charge is 2.17. The van der Waals surface area contributed by atoms with Gasteiger partial charge in [-0.1, -0.05) is 0 Å². The van der Waals surface area contributed by atoms with Gasteiger partial charge in [-0.3, -0.25) is 9.59 Å². The molecular formula is C11H21N3O5. The fourth-order valence-corrected chi connectivity index (χ4v) is 1.19. The zero-order valence-corrected chi connectivity index (χ0v) is 11.5. The number of hydrogen-bond acceptors (Lipinski definition) is 4. The second-order valence-electron chi connectivity index (χ2n) is 3.87. The monoisotopic (exact) mass is 275 g/mol. The molecule has 0 unspecified atom stereocenters. The van der Waals surface area contributed by atoms with Crippen LogP contribution in [0, 0.1) is 0 Å². The summed E-state index contributed by atoms with van der Waals surface area (Å²) >= 11 is 0. The summed E-state index contributed by atoms with van der Waals surface area (Å²) in [5.74, 6) is -1.36. The molecule has 0 aromatic carbocycles. The van der Waals surface area contributed by atoms with Gasteiger partial charge in [0, 0.05) is 27.2 Å². The molecule has 0 rings (SSSR count). The summed E-state index contributed by atoms with van der Waals surface area (Å²) in [5, 5.41) is 11.1. The predicted molar refractivity (Wildman–Crippen MR) is 67.8 cm³/mol. The predicted octanol–water partition coefficient (Wildman–Crippen LogP) is -0.793. The molecule has 0 fully saturated rings. The minimum atomic E-state index is -1.12. The summed E-state index contributed by atoms with van der Waals surface area (Å²) < 4.78 is 4.80. The second kappa shape index (κ2) is 9.15. The van der Waals surface area contributed by atoms with Crippen LogP contribution in [0.3, 0.4) is 0 Å². The highest BCUT2D eigenvalue weighted by molar-refractivity contribution is 5.85. The van der Waals surface area contributed by atoms with E-state index in [1.54, 1.807) is 7.05 Å². The molecule has 0 aliphatic rings. The van der Waals surface area contributed by atoms with Crippen LogP contribution in [-0.4, -0.2) is 79.8 Å². The Morgan fingerprint density at radius 1 is 1.32 bits per heavy atom. The Bertz CT molecular complexity index is 321. The molecule has 2 N–H and O–H groups in total. The lowest BCUT2D eigenvalue weighted by atomic mass is 10.4. The first kappa shape index (κ1) is 17.2. The van der Waals surface area contributed by atoms with Gasteiger partial charge in [-0.05, 0) is 6.92 Å². The lowest BCUT2D eigenvalue weighted by molar-refractivity contribution is -0.137. The summed E-state index contributed by atoms with van der Waals surface area (Å²) in [4.78, 5) is 36.4. The number of nitrogens with zero attached hydrogens (tertiary/aromatic N) is 2. The van der Waals surface area contributed by atoms with E-state index in [-0.39, 0.29) is 25.6 Å². The molecule has 0 aromatic heterocycles. The number of carboxylic acid groups (broad SMARTS) is 1. The zero-order chi connectivity index (χ0) is 14.8. The van der Waals surface area contributed by atoms with E-state index in [0.717, 1.165) is 4.90 Å². The first-order valence-corrected chi connectivity index (χ1v) is 5.89. The Labute approximate surface area is 112 Å². The third-order valence-corrected chi connectivity index (χ3v) is 2.47. The van der Waals surface area contributed by atoms with Crippen LogP contribution in [0.2, 0.25) is 0 Å². The number of aliphatic carboxylic acids is 1. The Hall–Kier alpha value is -1.83. The minimum absolute atomic E-state index is 0.145. The number of rotatable bonds is 8. The lowest BCUT2D eigenvalue weighted by Gasteiger charge is -2.21. The summed E-state index contributed by atoms with van der Waals surface area (Å²) in [6.07, 6.45) is 0. The van der Waals surface area contributed by atoms with Crippen molar-refractivity contribution in [2.45, 2.75) is 6.92 Å². The number of carbonyl (C=O) groups is 3. The normalized spacial score (nSPS) is 9.84. The van der Waals surface area contributed by atoms with Gasteiger partial charge in [-0.2, -0.15) is 0 Å². The standard InChI is InChI=1S/C11H21N3O5/c1-4-13(2)9(15)7-12-11(18)14(5-6-19-3)8-10(16)17/h4-8H2,1-3H3,(H,12,18)(H,16,17). The Kier molecular flexibility index (Phi) is 8.27. The molecule has 3 amide bonds. The van der Waals surface area contributed by atoms with Gasteiger partial charge in [0.25, 0.3) is 0 Å². The quantitative estimate of drug-likeness (QED) is 0.604. The minimum Gasteiger partial charge on any atom is -0.480 e. The summed E-state index contributed by atoms with van der Waals surface area (Å²) in [6.45, 7) is 2.13. The number of amides is 3. The molecule has 0 aromatic rings. The Morgan fingerprint density at radius 2 is 1.95 bits per heavy atom. The van der Waals surface area contributed by atoms with Crippen molar-refractivity contribution >= 4 is 17.9 Å². The number of nitrogens with one attached hydrogen (secondary N) is 1. The smallest absolute Gasteiger partial charge is 0.323 e. The number of likely N-dealkylation sites (N-methyl/N-ethyl adjacent to an activating group) is 1. The van der Waals surface area contributed by atoms with E-state index in [1.165, 1.54) is 12.0 Å². The third-order valence-electron chi connectivity index (χ3n) is 2.47. The van der Waals surface area contributed by atoms with Crippen LogP contribution >= 0.6 is 0 Å². The number of ether oxygens (including phenoxy) is 1. The van der Waals surface area contributed by atoms with E-state index in [2.05, 4.69) is 5.32 Å². The first-order valence-electron chi connectivity index (χ1n) is 5.89. The van der Waals surface area contributed by atoms with Gasteiger partial charge in [-0.15, -0.1) is 0 Å². The van der Waals surface area contributed by atoms with Gasteiger partial charge >= 0.3 is 12.0 Å². The molecule has 0 saturated carbocycles. The molecule has 19 heavy (non-hydrogen) atoms. The average Bonchev–Trinajstić information content (AvgIpc) is 2.38. The number of hydrogen-bond donors (Lipinski definition) is 2. The van der Waals surface area contributed by atoms with E-state index < -0.39 is 18.5 Å². The van der Waals surface area contributed by atoms with E-state index in [9.17, 15) is 14.4 Å². The Morgan fingerprint density at radius 3 is 2.42 bits per heavy atom. The molecule has 0 bridgehead atoms. The summed E-state index contributed by atoms with van der Waals surface area (Å²) in [5.41, 5.74) is 0. The van der Waals surface area contributed by atoms with Crippen molar-refractivity contribution < 1.29 is 24.2 Å². The van der Waals surface area contributed by atoms with Gasteiger partial charge in [0.05, 0.1) is 13.2 Å². The van der Waals surface area contributed by atoms with Crippen LogP contribution in [0.1, 0.15) is 6.92 Å². The topological polar surface area (TPSA) is 99.2 Å². The molecule has 0 radical (unpaired) electrons. The van der Waals surface area contributed by atoms with Crippen LogP contribution in [-0.2, 0) is 14.3 Å². The van der Waals surface area contributed by atoms with E-state index in [1.807, 2.05) is 6.92 Å². The molecule has 0 atom stereocenters. The lowest BCUT2D eigenvalue weighted by Crippen LogP contribution is -2.47. The number of methoxy groups -OCH3 is 1. The molecule has 0 heterocycles. The van der Waals surface area contributed by atoms with Crippen molar-refractivity contribution in [2.24, 2.45) is 0 Å². The van der Waals surface area contributed by atoms with Crippen LogP contribution in [0.5, 0.6) is 0 Å². The van der Waals surface area contributed by atoms with Crippen molar-refractivity contribution in [3.63, 3.8) is 0 Å². The summed E-state index contributed by atoms with van der Waals surface area (Å²) in [6, 6.07) is -0.600. The Balaban J connectivity index is 4.30. The number of carbonyl (C=O) groups excluding carboxylic acids is 2. The fraction of sp³-hybridized carbons (Fsp3) is 0.727. The van der Waals surface area contributed by atoms with E-state index in [0.29, 0.717) is 6.54 Å². The van der Waals surface area contributed by atoms with Gasteiger partial charge < -0.3 is 25.0 Å². The van der Waals surface area contributed by atoms with Gasteiger partial charge in [0.1, 0.15) is 6.54 Å². The van der Waals surface area contributed by atoms with Crippen molar-refractivity contribution in [1.29, 1.82) is 0 Å². The van der Waals surface area contributed by atoms with Crippen LogP contribution < -0.4 is 5.32 Å². The molecule has 8 nitrogen and oxygen atoms in total. The molecular weight excluding hydrogens is 254 g/mol. The van der Waals surface area contributed by atoms with Crippen LogP contribution in [0.4, 0.5) is 4.79 Å². The zero-order valence-electron chi connectivity index (χ0n) is 11.5. The maximum atomic E-state index is 11.7. The van der Waals surface area contributed by atoms with Gasteiger partial charge in [0.2, 0.25) is 5.91 Å². The summed E-state index contributed by atoms with van der Waals surface area (Å²) in [7, 11) is 3.07. The molecule has 0 aliphatic carbocycles. The largest absolute Gasteiger partial charge is 0.480 e. The molecule has 0 saturated heterocycles. The maximum Gasteiger partial charge on any atom is 0.323 e. The number of carboxylic acids is 1. The molecule has 8 heteroatoms. The van der Waals surface area contributed by atoms with Crippen molar-refractivity contribution in [1.82, 2.24) is 15.1 Å². The second-order valence-corrected chi connectivity index (χ2v) is 3.87.